The van der Waals surface area contributed by atoms with Gasteiger partial charge >= 0.3 is 0 Å². The molecule has 6 nitrogen and oxygen atoms in total. The van der Waals surface area contributed by atoms with Gasteiger partial charge in [-0.15, -0.1) is 5.10 Å². The second-order valence-electron chi connectivity index (χ2n) is 6.18. The van der Waals surface area contributed by atoms with Crippen molar-refractivity contribution in [2.45, 2.75) is 57.5 Å². The van der Waals surface area contributed by atoms with Gasteiger partial charge in [0, 0.05) is 6.04 Å². The van der Waals surface area contributed by atoms with Crippen molar-refractivity contribution in [2.75, 3.05) is 0 Å². The molecule has 0 aliphatic heterocycles. The van der Waals surface area contributed by atoms with Crippen LogP contribution in [0.5, 0.6) is 0 Å². The van der Waals surface area contributed by atoms with Gasteiger partial charge in [-0.3, -0.25) is 9.59 Å². The van der Waals surface area contributed by atoms with E-state index in [9.17, 15) is 9.59 Å². The predicted octanol–water partition coefficient (Wildman–Crippen LogP) is 2.02. The summed E-state index contributed by atoms with van der Waals surface area (Å²) < 4.78 is 1.14. The van der Waals surface area contributed by atoms with E-state index in [2.05, 4.69) is 15.6 Å². The lowest BCUT2D eigenvalue weighted by Crippen LogP contribution is -2.40. The molecule has 1 saturated carbocycles. The lowest BCUT2D eigenvalue weighted by atomic mass is 9.97. The Hall–Kier alpha value is -2.24. The Balaban J connectivity index is 1.67. The predicted molar refractivity (Wildman–Crippen MR) is 88.0 cm³/mol. The van der Waals surface area contributed by atoms with Gasteiger partial charge in [0.25, 0.3) is 5.56 Å². The molecule has 2 aromatic rings. The molecule has 0 spiro atoms. The van der Waals surface area contributed by atoms with Crippen molar-refractivity contribution >= 4 is 16.8 Å². The summed E-state index contributed by atoms with van der Waals surface area (Å²) >= 11 is 0. The lowest BCUT2D eigenvalue weighted by Gasteiger charge is -2.21. The maximum Gasteiger partial charge on any atom is 0.278 e. The van der Waals surface area contributed by atoms with Gasteiger partial charge in [0.15, 0.2) is 0 Å². The fourth-order valence-electron chi connectivity index (χ4n) is 3.14. The van der Waals surface area contributed by atoms with Crippen LogP contribution in [-0.4, -0.2) is 26.9 Å². The van der Waals surface area contributed by atoms with E-state index in [0.29, 0.717) is 10.9 Å². The zero-order valence-electron chi connectivity index (χ0n) is 13.2. The molecular weight excluding hydrogens is 292 g/mol. The van der Waals surface area contributed by atoms with E-state index < -0.39 is 0 Å². The zero-order chi connectivity index (χ0) is 16.1. The monoisotopic (exact) mass is 314 g/mol. The molecule has 1 fully saturated rings. The quantitative estimate of drug-likeness (QED) is 0.940. The summed E-state index contributed by atoms with van der Waals surface area (Å²) in [6.07, 6.45) is 8.11. The summed E-state index contributed by atoms with van der Waals surface area (Å²) in [7, 11) is 0. The van der Waals surface area contributed by atoms with Crippen LogP contribution in [0.3, 0.4) is 0 Å². The molecule has 0 radical (unpaired) electrons. The largest absolute Gasteiger partial charge is 0.352 e. The Morgan fingerprint density at radius 1 is 1.13 bits per heavy atom. The second-order valence-corrected chi connectivity index (χ2v) is 6.18. The van der Waals surface area contributed by atoms with Crippen LogP contribution in [0.1, 0.15) is 44.9 Å². The third-order valence-corrected chi connectivity index (χ3v) is 4.39. The highest BCUT2D eigenvalue weighted by Crippen LogP contribution is 2.17. The number of hydrogen-bond donors (Lipinski definition) is 1. The fraction of sp³-hybridized carbons (Fsp3) is 0.529. The Bertz CT molecular complexity index is 733. The van der Waals surface area contributed by atoms with Gasteiger partial charge < -0.3 is 5.32 Å². The first-order valence-corrected chi connectivity index (χ1v) is 8.36. The number of aromatic nitrogens is 3. The van der Waals surface area contributed by atoms with Crippen molar-refractivity contribution in [1.82, 2.24) is 20.3 Å². The second kappa shape index (κ2) is 7.35. The average molecular weight is 314 g/mol. The molecule has 1 N–H and O–H groups in total. The molecule has 0 unspecified atom stereocenters. The van der Waals surface area contributed by atoms with Crippen LogP contribution in [0.4, 0.5) is 0 Å². The van der Waals surface area contributed by atoms with E-state index in [1.807, 2.05) is 6.07 Å². The van der Waals surface area contributed by atoms with Crippen molar-refractivity contribution in [2.24, 2.45) is 0 Å². The first kappa shape index (κ1) is 15.6. The number of carbonyl (C=O) groups is 1. The van der Waals surface area contributed by atoms with Gasteiger partial charge in [0.05, 0.1) is 5.39 Å². The zero-order valence-corrected chi connectivity index (χ0v) is 13.2. The molecule has 1 aliphatic rings. The van der Waals surface area contributed by atoms with Crippen molar-refractivity contribution in [3.8, 4) is 0 Å². The van der Waals surface area contributed by atoms with E-state index >= 15 is 0 Å². The van der Waals surface area contributed by atoms with Gasteiger partial charge in [0.2, 0.25) is 5.91 Å². The molecule has 3 rings (SSSR count). The molecule has 1 aromatic carbocycles. The van der Waals surface area contributed by atoms with E-state index in [4.69, 9.17) is 0 Å². The van der Waals surface area contributed by atoms with E-state index in [-0.39, 0.29) is 24.1 Å². The van der Waals surface area contributed by atoms with Crippen LogP contribution in [0.25, 0.3) is 10.9 Å². The number of fused-ring (bicyclic) bond motifs is 1. The Morgan fingerprint density at radius 2 is 1.83 bits per heavy atom. The van der Waals surface area contributed by atoms with Gasteiger partial charge in [0.1, 0.15) is 12.1 Å². The molecule has 0 atom stereocenters. The fourth-order valence-corrected chi connectivity index (χ4v) is 3.14. The van der Waals surface area contributed by atoms with Gasteiger partial charge in [-0.25, -0.2) is 4.68 Å². The number of benzene rings is 1. The van der Waals surface area contributed by atoms with Gasteiger partial charge in [-0.05, 0) is 25.0 Å². The molecule has 0 saturated heterocycles. The molecule has 6 heteroatoms. The normalized spacial score (nSPS) is 16.7. The molecule has 122 valence electrons. The third kappa shape index (κ3) is 3.94. The topological polar surface area (TPSA) is 76.9 Å². The standard InChI is InChI=1S/C17H22N4O2/c22-16(18-13-8-4-2-1-3-5-9-13)12-21-17(23)14-10-6-7-11-15(14)19-20-21/h6-7,10-11,13H,1-5,8-9,12H2,(H,18,22). The highest BCUT2D eigenvalue weighted by molar-refractivity contribution is 5.78. The van der Waals surface area contributed by atoms with Crippen molar-refractivity contribution in [3.63, 3.8) is 0 Å². The Labute approximate surface area is 134 Å². The maximum absolute atomic E-state index is 12.3. The Morgan fingerprint density at radius 3 is 2.61 bits per heavy atom. The van der Waals surface area contributed by atoms with Crippen molar-refractivity contribution < 1.29 is 4.79 Å². The number of nitrogens with zero attached hydrogens (tertiary/aromatic N) is 3. The molecule has 1 aliphatic carbocycles. The summed E-state index contributed by atoms with van der Waals surface area (Å²) in [5.74, 6) is -0.165. The highest BCUT2D eigenvalue weighted by Gasteiger charge is 2.15. The van der Waals surface area contributed by atoms with Crippen LogP contribution in [-0.2, 0) is 11.3 Å². The van der Waals surface area contributed by atoms with Crippen LogP contribution < -0.4 is 10.9 Å². The van der Waals surface area contributed by atoms with Crippen LogP contribution in [0, 0.1) is 0 Å². The first-order valence-electron chi connectivity index (χ1n) is 8.36. The highest BCUT2D eigenvalue weighted by atomic mass is 16.2. The molecule has 1 heterocycles. The summed E-state index contributed by atoms with van der Waals surface area (Å²) in [5, 5.41) is 11.4. The molecular formula is C17H22N4O2. The minimum atomic E-state index is -0.275. The number of carbonyl (C=O) groups excluding carboxylic acids is 1. The number of amides is 1. The third-order valence-electron chi connectivity index (χ3n) is 4.39. The van der Waals surface area contributed by atoms with E-state index in [1.165, 1.54) is 19.3 Å². The minimum absolute atomic E-state index is 0.0762. The Kier molecular flexibility index (Phi) is 5.00. The van der Waals surface area contributed by atoms with Crippen LogP contribution >= 0.6 is 0 Å². The van der Waals surface area contributed by atoms with Crippen molar-refractivity contribution in [1.29, 1.82) is 0 Å². The molecule has 23 heavy (non-hydrogen) atoms. The van der Waals surface area contributed by atoms with Crippen molar-refractivity contribution in [3.05, 3.63) is 34.6 Å². The summed E-state index contributed by atoms with van der Waals surface area (Å²) in [6.45, 7) is -0.0762. The van der Waals surface area contributed by atoms with E-state index in [0.717, 1.165) is 30.4 Å². The van der Waals surface area contributed by atoms with Gasteiger partial charge in [-0.1, -0.05) is 49.5 Å². The smallest absolute Gasteiger partial charge is 0.278 e. The SMILES string of the molecule is O=C(Cn1nnc2ccccc2c1=O)NC1CCCCCCC1. The minimum Gasteiger partial charge on any atom is -0.352 e. The summed E-state index contributed by atoms with van der Waals surface area (Å²) in [4.78, 5) is 24.6. The van der Waals surface area contributed by atoms with Crippen LogP contribution in [0.2, 0.25) is 0 Å². The number of nitrogens with one attached hydrogen (secondary N) is 1. The number of rotatable bonds is 3. The molecule has 0 bridgehead atoms. The maximum atomic E-state index is 12.3. The van der Waals surface area contributed by atoms with E-state index in [1.54, 1.807) is 18.2 Å². The summed E-state index contributed by atoms with van der Waals surface area (Å²) in [5.41, 5.74) is 0.276. The van der Waals surface area contributed by atoms with Gasteiger partial charge in [-0.2, -0.15) is 0 Å². The average Bonchev–Trinajstić information content (AvgIpc) is 2.53. The molecule has 1 amide bonds. The van der Waals surface area contributed by atoms with Crippen LogP contribution in [0.15, 0.2) is 29.1 Å². The lowest BCUT2D eigenvalue weighted by molar-refractivity contribution is -0.122. The molecule has 1 aromatic heterocycles. The summed E-state index contributed by atoms with van der Waals surface area (Å²) in [6, 6.07) is 7.25. The number of hydrogen-bond acceptors (Lipinski definition) is 4. The first-order chi connectivity index (χ1) is 11.2.